The van der Waals surface area contributed by atoms with E-state index in [1.54, 1.807) is 11.5 Å². The summed E-state index contributed by atoms with van der Waals surface area (Å²) in [6.45, 7) is 9.72. The molecular formula is C15H24N2O3. The molecule has 1 unspecified atom stereocenters. The molecule has 1 aromatic heterocycles. The zero-order chi connectivity index (χ0) is 15.4. The summed E-state index contributed by atoms with van der Waals surface area (Å²) in [6, 6.07) is 0.0261. The molecule has 0 amide bonds. The van der Waals surface area contributed by atoms with E-state index in [0.29, 0.717) is 17.2 Å². The lowest BCUT2D eigenvalue weighted by atomic mass is 9.94. The van der Waals surface area contributed by atoms with Crippen molar-refractivity contribution in [3.05, 3.63) is 27.4 Å². The molecule has 112 valence electrons. The molecule has 0 aliphatic carbocycles. The minimum absolute atomic E-state index is 0.0261. The van der Waals surface area contributed by atoms with Gasteiger partial charge in [-0.05, 0) is 26.7 Å². The van der Waals surface area contributed by atoms with Crippen LogP contribution in [0.3, 0.4) is 0 Å². The molecule has 0 spiro atoms. The topological polar surface area (TPSA) is 72.2 Å². The Morgan fingerprint density at radius 1 is 1.30 bits per heavy atom. The highest BCUT2D eigenvalue weighted by molar-refractivity contribution is 5.70. The fraction of sp³-hybridized carbons (Fsp3) is 0.667. The van der Waals surface area contributed by atoms with E-state index in [9.17, 15) is 9.59 Å². The molecular weight excluding hydrogens is 256 g/mol. The molecule has 0 aliphatic heterocycles. The van der Waals surface area contributed by atoms with Gasteiger partial charge in [-0.3, -0.25) is 9.36 Å². The summed E-state index contributed by atoms with van der Waals surface area (Å²) in [7, 11) is 0. The number of rotatable bonds is 6. The summed E-state index contributed by atoms with van der Waals surface area (Å²) in [5.41, 5.74) is 1.61. The van der Waals surface area contributed by atoms with Gasteiger partial charge in [0.25, 0.3) is 0 Å². The maximum atomic E-state index is 12.2. The average Bonchev–Trinajstić information content (AvgIpc) is 2.35. The third kappa shape index (κ3) is 3.26. The van der Waals surface area contributed by atoms with E-state index in [1.165, 1.54) is 0 Å². The first-order valence-electron chi connectivity index (χ1n) is 7.13. The smallest absolute Gasteiger partial charge is 0.348 e. The lowest BCUT2D eigenvalue weighted by Gasteiger charge is -2.26. The highest BCUT2D eigenvalue weighted by atomic mass is 16.4. The van der Waals surface area contributed by atoms with Crippen LogP contribution in [0, 0.1) is 19.8 Å². The molecule has 0 fully saturated rings. The predicted molar refractivity (Wildman–Crippen MR) is 78.1 cm³/mol. The summed E-state index contributed by atoms with van der Waals surface area (Å²) in [4.78, 5) is 27.2. The molecule has 0 radical (unpaired) electrons. The lowest BCUT2D eigenvalue weighted by Crippen LogP contribution is -2.33. The predicted octanol–water partition coefficient (Wildman–Crippen LogP) is 2.48. The number of nitrogens with zero attached hydrogens (tertiary/aromatic N) is 2. The van der Waals surface area contributed by atoms with Crippen LogP contribution >= 0.6 is 0 Å². The van der Waals surface area contributed by atoms with Gasteiger partial charge < -0.3 is 5.11 Å². The fourth-order valence-electron chi connectivity index (χ4n) is 2.88. The van der Waals surface area contributed by atoms with Gasteiger partial charge in [-0.1, -0.05) is 26.7 Å². The Hall–Kier alpha value is -1.65. The Kier molecular flexibility index (Phi) is 5.48. The highest BCUT2D eigenvalue weighted by Gasteiger charge is 2.21. The van der Waals surface area contributed by atoms with Crippen molar-refractivity contribution < 1.29 is 9.90 Å². The SMILES string of the molecule is CCC(CC)C(C)n1c(C)c(CC(=O)O)c(C)nc1=O. The molecule has 1 atom stereocenters. The summed E-state index contributed by atoms with van der Waals surface area (Å²) >= 11 is 0. The molecule has 5 nitrogen and oxygen atoms in total. The van der Waals surface area contributed by atoms with Gasteiger partial charge in [0.15, 0.2) is 0 Å². The van der Waals surface area contributed by atoms with Crippen LogP contribution in [0.15, 0.2) is 4.79 Å². The minimum Gasteiger partial charge on any atom is -0.481 e. The van der Waals surface area contributed by atoms with Gasteiger partial charge in [-0.15, -0.1) is 0 Å². The third-order valence-electron chi connectivity index (χ3n) is 4.17. The van der Waals surface area contributed by atoms with Crippen molar-refractivity contribution >= 4 is 5.97 Å². The van der Waals surface area contributed by atoms with Crippen LogP contribution in [-0.4, -0.2) is 20.6 Å². The molecule has 1 heterocycles. The summed E-state index contributed by atoms with van der Waals surface area (Å²) < 4.78 is 1.66. The number of hydrogen-bond donors (Lipinski definition) is 1. The molecule has 1 aromatic rings. The van der Waals surface area contributed by atoms with Gasteiger partial charge in [-0.25, -0.2) is 4.79 Å². The first-order valence-corrected chi connectivity index (χ1v) is 7.13. The van der Waals surface area contributed by atoms with Gasteiger partial charge in [0.05, 0.1) is 6.42 Å². The number of aliphatic carboxylic acids is 1. The highest BCUT2D eigenvalue weighted by Crippen LogP contribution is 2.25. The summed E-state index contributed by atoms with van der Waals surface area (Å²) in [5, 5.41) is 9.00. The van der Waals surface area contributed by atoms with E-state index >= 15 is 0 Å². The van der Waals surface area contributed by atoms with Crippen molar-refractivity contribution in [3.63, 3.8) is 0 Å². The molecule has 0 bridgehead atoms. The Morgan fingerprint density at radius 2 is 1.85 bits per heavy atom. The molecule has 20 heavy (non-hydrogen) atoms. The Balaban J connectivity index is 3.39. The normalized spacial score (nSPS) is 12.7. The maximum absolute atomic E-state index is 12.2. The Bertz CT molecular complexity index is 545. The zero-order valence-corrected chi connectivity index (χ0v) is 12.9. The Morgan fingerprint density at radius 3 is 2.30 bits per heavy atom. The standard InChI is InChI=1S/C15H24N2O3/c1-6-12(7-2)10(4)17-11(5)13(8-14(18)19)9(3)16-15(17)20/h10,12H,6-8H2,1-5H3,(H,18,19). The monoisotopic (exact) mass is 280 g/mol. The van der Waals surface area contributed by atoms with Gasteiger partial charge in [-0.2, -0.15) is 4.98 Å². The molecule has 5 heteroatoms. The van der Waals surface area contributed by atoms with Crippen molar-refractivity contribution in [2.24, 2.45) is 5.92 Å². The van der Waals surface area contributed by atoms with E-state index in [4.69, 9.17) is 5.11 Å². The molecule has 0 aliphatic rings. The van der Waals surface area contributed by atoms with E-state index in [2.05, 4.69) is 18.8 Å². The van der Waals surface area contributed by atoms with Gasteiger partial charge in [0.1, 0.15) is 0 Å². The molecule has 1 N–H and O–H groups in total. The van der Waals surface area contributed by atoms with Crippen LogP contribution in [0.25, 0.3) is 0 Å². The van der Waals surface area contributed by atoms with E-state index < -0.39 is 5.97 Å². The number of aromatic nitrogens is 2. The van der Waals surface area contributed by atoms with Gasteiger partial charge in [0.2, 0.25) is 0 Å². The molecule has 0 saturated heterocycles. The third-order valence-corrected chi connectivity index (χ3v) is 4.17. The molecule has 0 aromatic carbocycles. The number of aryl methyl sites for hydroxylation is 1. The first-order chi connectivity index (χ1) is 9.33. The van der Waals surface area contributed by atoms with Crippen molar-refractivity contribution in [2.75, 3.05) is 0 Å². The van der Waals surface area contributed by atoms with E-state index in [-0.39, 0.29) is 18.2 Å². The van der Waals surface area contributed by atoms with Crippen LogP contribution in [0.2, 0.25) is 0 Å². The summed E-state index contributed by atoms with van der Waals surface area (Å²) in [5.74, 6) is -0.521. The van der Waals surface area contributed by atoms with Crippen molar-refractivity contribution in [1.29, 1.82) is 0 Å². The van der Waals surface area contributed by atoms with E-state index in [1.807, 2.05) is 13.8 Å². The average molecular weight is 280 g/mol. The number of carbonyl (C=O) groups is 1. The largest absolute Gasteiger partial charge is 0.481 e. The molecule has 1 rings (SSSR count). The van der Waals surface area contributed by atoms with Crippen LogP contribution < -0.4 is 5.69 Å². The summed E-state index contributed by atoms with van der Waals surface area (Å²) in [6.07, 6.45) is 1.86. The van der Waals surface area contributed by atoms with Gasteiger partial charge >= 0.3 is 11.7 Å². The molecule has 0 saturated carbocycles. The quantitative estimate of drug-likeness (QED) is 0.869. The minimum atomic E-state index is -0.904. The first kappa shape index (κ1) is 16.4. The second-order valence-corrected chi connectivity index (χ2v) is 5.30. The van der Waals surface area contributed by atoms with Crippen LogP contribution in [0.1, 0.15) is 56.6 Å². The maximum Gasteiger partial charge on any atom is 0.348 e. The Labute approximate surface area is 119 Å². The van der Waals surface area contributed by atoms with Crippen molar-refractivity contribution in [1.82, 2.24) is 9.55 Å². The van der Waals surface area contributed by atoms with Gasteiger partial charge in [0, 0.05) is 23.0 Å². The number of carboxylic acids is 1. The second-order valence-electron chi connectivity index (χ2n) is 5.30. The van der Waals surface area contributed by atoms with Crippen molar-refractivity contribution in [3.8, 4) is 0 Å². The fourth-order valence-corrected chi connectivity index (χ4v) is 2.88. The van der Waals surface area contributed by atoms with E-state index in [0.717, 1.165) is 18.5 Å². The number of carboxylic acid groups (broad SMARTS) is 1. The zero-order valence-electron chi connectivity index (χ0n) is 12.9. The van der Waals surface area contributed by atoms with Crippen LogP contribution in [0.5, 0.6) is 0 Å². The second kappa shape index (κ2) is 6.68. The lowest BCUT2D eigenvalue weighted by molar-refractivity contribution is -0.136. The number of hydrogen-bond acceptors (Lipinski definition) is 3. The van der Waals surface area contributed by atoms with Crippen molar-refractivity contribution in [2.45, 2.75) is 59.9 Å². The van der Waals surface area contributed by atoms with Crippen LogP contribution in [-0.2, 0) is 11.2 Å². The van der Waals surface area contributed by atoms with Crippen LogP contribution in [0.4, 0.5) is 0 Å².